The number of aromatic nitrogens is 2. The summed E-state index contributed by atoms with van der Waals surface area (Å²) in [6, 6.07) is 5.51. The van der Waals surface area contributed by atoms with Gasteiger partial charge in [0, 0.05) is 13.1 Å². The molecule has 0 bridgehead atoms. The van der Waals surface area contributed by atoms with Crippen LogP contribution in [-0.2, 0) is 13.2 Å². The highest BCUT2D eigenvalue weighted by Gasteiger charge is 2.33. The number of hydrogen-bond acceptors (Lipinski definition) is 2. The lowest BCUT2D eigenvalue weighted by molar-refractivity contribution is -0.136. The average Bonchev–Trinajstić information content (AvgIpc) is 2.74. The Morgan fingerprint density at radius 1 is 1.20 bits per heavy atom. The fourth-order valence-electron chi connectivity index (χ4n) is 1.61. The number of halogens is 3. The van der Waals surface area contributed by atoms with Crippen LogP contribution < -0.4 is 10.6 Å². The van der Waals surface area contributed by atoms with Crippen LogP contribution in [0.1, 0.15) is 5.56 Å². The molecule has 0 saturated heterocycles. The van der Waals surface area contributed by atoms with E-state index in [1.165, 1.54) is 35.1 Å². The molecule has 2 N–H and O–H groups in total. The zero-order valence-corrected chi connectivity index (χ0v) is 10.4. The first kappa shape index (κ1) is 13.9. The number of nitrogens with one attached hydrogen (secondary N) is 2. The van der Waals surface area contributed by atoms with Crippen LogP contribution >= 0.6 is 0 Å². The Hall–Kier alpha value is -2.51. The van der Waals surface area contributed by atoms with Gasteiger partial charge in [-0.1, -0.05) is 12.1 Å². The van der Waals surface area contributed by atoms with Crippen LogP contribution in [0.5, 0.6) is 0 Å². The van der Waals surface area contributed by atoms with Crippen LogP contribution in [-0.4, -0.2) is 15.8 Å². The summed E-state index contributed by atoms with van der Waals surface area (Å²) in [5.74, 6) is 0.368. The molecule has 2 amide bonds. The number of urea groups is 1. The van der Waals surface area contributed by atoms with E-state index in [2.05, 4.69) is 15.7 Å². The Morgan fingerprint density at radius 2 is 1.90 bits per heavy atom. The standard InChI is InChI=1S/C12H11F3N4O/c1-19-10(6-7-16-19)18-11(20)17-9-5-3-2-4-8(9)12(13,14)15/h2-7H,1H3,(H2,17,18,20). The van der Waals surface area contributed by atoms with Crippen molar-refractivity contribution < 1.29 is 18.0 Å². The molecular formula is C12H11F3N4O. The first-order valence-corrected chi connectivity index (χ1v) is 5.60. The van der Waals surface area contributed by atoms with Gasteiger partial charge < -0.3 is 5.32 Å². The second kappa shape index (κ2) is 5.24. The van der Waals surface area contributed by atoms with Gasteiger partial charge in [0.25, 0.3) is 0 Å². The maximum atomic E-state index is 12.8. The Labute approximate surface area is 112 Å². The van der Waals surface area contributed by atoms with Gasteiger partial charge in [-0.2, -0.15) is 18.3 Å². The van der Waals surface area contributed by atoms with Gasteiger partial charge in [-0.3, -0.25) is 10.00 Å². The number of benzene rings is 1. The molecule has 0 aliphatic rings. The van der Waals surface area contributed by atoms with Gasteiger partial charge in [0.1, 0.15) is 5.82 Å². The fourth-order valence-corrected chi connectivity index (χ4v) is 1.61. The Morgan fingerprint density at radius 3 is 2.50 bits per heavy atom. The van der Waals surface area contributed by atoms with E-state index in [1.807, 2.05) is 0 Å². The second-order valence-electron chi connectivity index (χ2n) is 3.96. The summed E-state index contributed by atoms with van der Waals surface area (Å²) in [6.07, 6.45) is -3.07. The highest BCUT2D eigenvalue weighted by molar-refractivity contribution is 5.99. The summed E-state index contributed by atoms with van der Waals surface area (Å²) >= 11 is 0. The number of anilines is 2. The van der Waals surface area contributed by atoms with Crippen molar-refractivity contribution in [2.75, 3.05) is 10.6 Å². The first-order valence-electron chi connectivity index (χ1n) is 5.60. The monoisotopic (exact) mass is 284 g/mol. The number of hydrogen-bond donors (Lipinski definition) is 2. The Bertz CT molecular complexity index is 621. The number of nitrogens with zero attached hydrogens (tertiary/aromatic N) is 2. The van der Waals surface area contributed by atoms with Crippen LogP contribution in [0.2, 0.25) is 0 Å². The van der Waals surface area contributed by atoms with Crippen LogP contribution in [0.25, 0.3) is 0 Å². The summed E-state index contributed by atoms with van der Waals surface area (Å²) in [6.45, 7) is 0. The third kappa shape index (κ3) is 3.08. The van der Waals surface area contributed by atoms with Crippen LogP contribution in [0.15, 0.2) is 36.5 Å². The lowest BCUT2D eigenvalue weighted by Crippen LogP contribution is -2.23. The number of carbonyl (C=O) groups excluding carboxylic acids is 1. The third-order valence-corrected chi connectivity index (χ3v) is 2.54. The number of amides is 2. The van der Waals surface area contributed by atoms with Crippen molar-refractivity contribution in [2.24, 2.45) is 7.05 Å². The molecule has 0 radical (unpaired) electrons. The van der Waals surface area contributed by atoms with E-state index < -0.39 is 17.8 Å². The van der Waals surface area contributed by atoms with E-state index in [0.717, 1.165) is 6.07 Å². The lowest BCUT2D eigenvalue weighted by Gasteiger charge is -2.13. The normalized spacial score (nSPS) is 11.2. The molecule has 2 rings (SSSR count). The smallest absolute Gasteiger partial charge is 0.307 e. The number of alkyl halides is 3. The molecule has 0 unspecified atom stereocenters. The molecule has 0 saturated carbocycles. The van der Waals surface area contributed by atoms with Crippen LogP contribution in [0.4, 0.5) is 29.5 Å². The van der Waals surface area contributed by atoms with Crippen molar-refractivity contribution in [3.05, 3.63) is 42.1 Å². The van der Waals surface area contributed by atoms with Crippen molar-refractivity contribution in [3.63, 3.8) is 0 Å². The zero-order chi connectivity index (χ0) is 14.8. The van der Waals surface area contributed by atoms with E-state index in [4.69, 9.17) is 0 Å². The highest BCUT2D eigenvalue weighted by Crippen LogP contribution is 2.34. The highest BCUT2D eigenvalue weighted by atomic mass is 19.4. The average molecular weight is 284 g/mol. The zero-order valence-electron chi connectivity index (χ0n) is 10.4. The molecule has 0 aliphatic carbocycles. The van der Waals surface area contributed by atoms with Gasteiger partial charge in [-0.15, -0.1) is 0 Å². The Kier molecular flexibility index (Phi) is 3.64. The number of para-hydroxylation sites is 1. The number of rotatable bonds is 2. The quantitative estimate of drug-likeness (QED) is 0.890. The maximum absolute atomic E-state index is 12.8. The van der Waals surface area contributed by atoms with Crippen molar-refractivity contribution in [1.29, 1.82) is 0 Å². The molecule has 1 aromatic carbocycles. The molecule has 0 fully saturated rings. The summed E-state index contributed by atoms with van der Waals surface area (Å²) in [7, 11) is 1.60. The minimum atomic E-state index is -4.53. The van der Waals surface area contributed by atoms with Gasteiger partial charge in [-0.25, -0.2) is 4.79 Å². The van der Waals surface area contributed by atoms with Crippen molar-refractivity contribution >= 4 is 17.5 Å². The lowest BCUT2D eigenvalue weighted by atomic mass is 10.1. The minimum absolute atomic E-state index is 0.306. The number of carbonyl (C=O) groups is 1. The SMILES string of the molecule is Cn1nccc1NC(=O)Nc1ccccc1C(F)(F)F. The molecule has 8 heteroatoms. The van der Waals surface area contributed by atoms with E-state index in [9.17, 15) is 18.0 Å². The van der Waals surface area contributed by atoms with Gasteiger partial charge in [0.15, 0.2) is 0 Å². The predicted molar refractivity (Wildman–Crippen MR) is 67.3 cm³/mol. The van der Waals surface area contributed by atoms with Crippen LogP contribution in [0, 0.1) is 0 Å². The summed E-state index contributed by atoms with van der Waals surface area (Å²) < 4.78 is 39.6. The molecule has 0 aliphatic heterocycles. The van der Waals surface area contributed by atoms with Crippen molar-refractivity contribution in [2.45, 2.75) is 6.18 Å². The summed E-state index contributed by atoms with van der Waals surface area (Å²) in [5, 5.41) is 8.40. The second-order valence-corrected chi connectivity index (χ2v) is 3.96. The van der Waals surface area contributed by atoms with Gasteiger partial charge in [-0.05, 0) is 12.1 Å². The molecule has 20 heavy (non-hydrogen) atoms. The van der Waals surface area contributed by atoms with E-state index in [0.29, 0.717) is 5.82 Å². The maximum Gasteiger partial charge on any atom is 0.418 e. The molecule has 106 valence electrons. The van der Waals surface area contributed by atoms with E-state index in [1.54, 1.807) is 7.05 Å². The summed E-state index contributed by atoms with van der Waals surface area (Å²) in [4.78, 5) is 11.7. The molecular weight excluding hydrogens is 273 g/mol. The third-order valence-electron chi connectivity index (χ3n) is 2.54. The van der Waals surface area contributed by atoms with Gasteiger partial charge in [0.2, 0.25) is 0 Å². The molecule has 1 aromatic heterocycles. The van der Waals surface area contributed by atoms with Crippen molar-refractivity contribution in [1.82, 2.24) is 9.78 Å². The van der Waals surface area contributed by atoms with E-state index in [-0.39, 0.29) is 5.69 Å². The molecule has 2 aromatic rings. The van der Waals surface area contributed by atoms with Crippen molar-refractivity contribution in [3.8, 4) is 0 Å². The fraction of sp³-hybridized carbons (Fsp3) is 0.167. The largest absolute Gasteiger partial charge is 0.418 e. The number of aryl methyl sites for hydroxylation is 1. The molecule has 0 atom stereocenters. The topological polar surface area (TPSA) is 59.0 Å². The van der Waals surface area contributed by atoms with Crippen LogP contribution in [0.3, 0.4) is 0 Å². The predicted octanol–water partition coefficient (Wildman–Crippen LogP) is 3.08. The van der Waals surface area contributed by atoms with Gasteiger partial charge >= 0.3 is 12.2 Å². The van der Waals surface area contributed by atoms with E-state index >= 15 is 0 Å². The van der Waals surface area contributed by atoms with Gasteiger partial charge in [0.05, 0.1) is 17.4 Å². The molecule has 5 nitrogen and oxygen atoms in total. The first-order chi connectivity index (χ1) is 9.38. The summed E-state index contributed by atoms with van der Waals surface area (Å²) in [5.41, 5.74) is -1.21. The molecule has 0 spiro atoms. The minimum Gasteiger partial charge on any atom is -0.307 e. The molecule has 1 heterocycles. The Balaban J connectivity index is 2.15.